The number of thiazole rings is 1. The second-order valence-electron chi connectivity index (χ2n) is 5.21. The van der Waals surface area contributed by atoms with Crippen LogP contribution in [0.2, 0.25) is 5.02 Å². The van der Waals surface area contributed by atoms with E-state index in [9.17, 15) is 4.79 Å². The molecule has 23 heavy (non-hydrogen) atoms. The van der Waals surface area contributed by atoms with Crippen LogP contribution in [0.3, 0.4) is 0 Å². The standard InChI is InChI=1S/C17H15ClN2OS2/c1-10-3-6-12(7-4-10)22-9-14(21)19-17-20-15-11(2)5-8-13(18)16(15)23-17/h3-8H,9H2,1-2H3,(H,19,20,21). The van der Waals surface area contributed by atoms with Gasteiger partial charge < -0.3 is 5.32 Å². The number of halogens is 1. The summed E-state index contributed by atoms with van der Waals surface area (Å²) in [6.07, 6.45) is 0. The summed E-state index contributed by atoms with van der Waals surface area (Å²) >= 11 is 9.10. The Bertz CT molecular complexity index is 820. The van der Waals surface area contributed by atoms with E-state index in [-0.39, 0.29) is 5.91 Å². The average molecular weight is 363 g/mol. The smallest absolute Gasteiger partial charge is 0.236 e. The SMILES string of the molecule is Cc1ccc(SCC(=O)Nc2nc3c(C)ccc(Cl)c3s2)cc1. The highest BCUT2D eigenvalue weighted by atomic mass is 35.5. The van der Waals surface area contributed by atoms with Crippen molar-refractivity contribution in [3.8, 4) is 0 Å². The lowest BCUT2D eigenvalue weighted by atomic mass is 10.2. The second-order valence-corrected chi connectivity index (χ2v) is 7.67. The molecule has 1 amide bonds. The van der Waals surface area contributed by atoms with Crippen LogP contribution in [0.15, 0.2) is 41.3 Å². The minimum absolute atomic E-state index is 0.0663. The van der Waals surface area contributed by atoms with Gasteiger partial charge in [-0.1, -0.05) is 46.7 Å². The van der Waals surface area contributed by atoms with Gasteiger partial charge in [-0.2, -0.15) is 0 Å². The summed E-state index contributed by atoms with van der Waals surface area (Å²) in [7, 11) is 0. The van der Waals surface area contributed by atoms with Crippen molar-refractivity contribution in [3.63, 3.8) is 0 Å². The number of nitrogens with one attached hydrogen (secondary N) is 1. The highest BCUT2D eigenvalue weighted by Crippen LogP contribution is 2.33. The van der Waals surface area contributed by atoms with Crippen LogP contribution in [0.1, 0.15) is 11.1 Å². The summed E-state index contributed by atoms with van der Waals surface area (Å²) in [5.41, 5.74) is 3.11. The van der Waals surface area contributed by atoms with Crippen molar-refractivity contribution in [1.29, 1.82) is 0 Å². The number of anilines is 1. The number of aryl methyl sites for hydroxylation is 2. The maximum Gasteiger partial charge on any atom is 0.236 e. The molecule has 118 valence electrons. The van der Waals surface area contributed by atoms with Crippen molar-refractivity contribution in [2.75, 3.05) is 11.1 Å². The van der Waals surface area contributed by atoms with Crippen LogP contribution in [0.5, 0.6) is 0 Å². The summed E-state index contributed by atoms with van der Waals surface area (Å²) in [5, 5.41) is 4.11. The molecule has 0 spiro atoms. The minimum atomic E-state index is -0.0663. The van der Waals surface area contributed by atoms with Crippen LogP contribution in [-0.4, -0.2) is 16.6 Å². The van der Waals surface area contributed by atoms with Crippen molar-refractivity contribution in [2.45, 2.75) is 18.7 Å². The van der Waals surface area contributed by atoms with E-state index in [2.05, 4.69) is 10.3 Å². The molecule has 6 heteroatoms. The molecule has 0 saturated carbocycles. The number of rotatable bonds is 4. The molecule has 0 fully saturated rings. The highest BCUT2D eigenvalue weighted by molar-refractivity contribution is 8.00. The van der Waals surface area contributed by atoms with E-state index in [1.807, 2.05) is 50.2 Å². The molecule has 0 radical (unpaired) electrons. The van der Waals surface area contributed by atoms with Gasteiger partial charge in [0.25, 0.3) is 0 Å². The summed E-state index contributed by atoms with van der Waals surface area (Å²) < 4.78 is 0.910. The Balaban J connectivity index is 1.67. The van der Waals surface area contributed by atoms with Crippen molar-refractivity contribution >= 4 is 56.0 Å². The monoisotopic (exact) mass is 362 g/mol. The number of aromatic nitrogens is 1. The van der Waals surface area contributed by atoms with E-state index < -0.39 is 0 Å². The molecule has 0 bridgehead atoms. The molecular weight excluding hydrogens is 348 g/mol. The summed E-state index contributed by atoms with van der Waals surface area (Å²) in [4.78, 5) is 17.7. The molecule has 3 rings (SSSR count). The van der Waals surface area contributed by atoms with Crippen LogP contribution < -0.4 is 5.32 Å². The summed E-state index contributed by atoms with van der Waals surface area (Å²) in [5.74, 6) is 0.287. The Morgan fingerprint density at radius 2 is 1.96 bits per heavy atom. The first-order valence-corrected chi connectivity index (χ1v) is 9.26. The Morgan fingerprint density at radius 3 is 2.65 bits per heavy atom. The Kier molecular flexibility index (Phi) is 4.90. The average Bonchev–Trinajstić information content (AvgIpc) is 2.95. The van der Waals surface area contributed by atoms with Gasteiger partial charge in [0, 0.05) is 4.90 Å². The second kappa shape index (κ2) is 6.91. The van der Waals surface area contributed by atoms with E-state index >= 15 is 0 Å². The zero-order valence-electron chi connectivity index (χ0n) is 12.7. The van der Waals surface area contributed by atoms with Gasteiger partial charge in [0.15, 0.2) is 5.13 Å². The Labute approximate surface area is 148 Å². The number of hydrogen-bond donors (Lipinski definition) is 1. The van der Waals surface area contributed by atoms with Crippen LogP contribution in [0.4, 0.5) is 5.13 Å². The quantitative estimate of drug-likeness (QED) is 0.640. The molecule has 1 N–H and O–H groups in total. The fourth-order valence-corrected chi connectivity index (χ4v) is 4.02. The Morgan fingerprint density at radius 1 is 1.22 bits per heavy atom. The number of hydrogen-bond acceptors (Lipinski definition) is 4. The maximum atomic E-state index is 12.1. The zero-order valence-corrected chi connectivity index (χ0v) is 15.1. The first kappa shape index (κ1) is 16.3. The van der Waals surface area contributed by atoms with Crippen molar-refractivity contribution in [1.82, 2.24) is 4.98 Å². The van der Waals surface area contributed by atoms with Gasteiger partial charge in [0.05, 0.1) is 21.0 Å². The number of amides is 1. The van der Waals surface area contributed by atoms with Crippen LogP contribution >= 0.6 is 34.7 Å². The zero-order chi connectivity index (χ0) is 16.4. The minimum Gasteiger partial charge on any atom is -0.301 e. The van der Waals surface area contributed by atoms with Gasteiger partial charge in [-0.25, -0.2) is 4.98 Å². The molecule has 0 unspecified atom stereocenters. The predicted octanol–water partition coefficient (Wildman–Crippen LogP) is 5.30. The van der Waals surface area contributed by atoms with Gasteiger partial charge >= 0.3 is 0 Å². The molecular formula is C17H15ClN2OS2. The predicted molar refractivity (Wildman–Crippen MR) is 99.9 cm³/mol. The van der Waals surface area contributed by atoms with Crippen LogP contribution in [0, 0.1) is 13.8 Å². The number of benzene rings is 2. The maximum absolute atomic E-state index is 12.1. The van der Waals surface area contributed by atoms with E-state index in [0.717, 1.165) is 20.7 Å². The molecule has 0 aliphatic rings. The molecule has 3 aromatic rings. The third kappa shape index (κ3) is 3.86. The van der Waals surface area contributed by atoms with Gasteiger partial charge in [0.2, 0.25) is 5.91 Å². The summed E-state index contributed by atoms with van der Waals surface area (Å²) in [6, 6.07) is 11.9. The van der Waals surface area contributed by atoms with Gasteiger partial charge in [-0.05, 0) is 37.6 Å². The lowest BCUT2D eigenvalue weighted by Gasteiger charge is -2.02. The van der Waals surface area contributed by atoms with Gasteiger partial charge in [0.1, 0.15) is 0 Å². The molecule has 1 aromatic heterocycles. The highest BCUT2D eigenvalue weighted by Gasteiger charge is 2.12. The first-order chi connectivity index (χ1) is 11.0. The van der Waals surface area contributed by atoms with Crippen molar-refractivity contribution in [3.05, 3.63) is 52.5 Å². The fourth-order valence-electron chi connectivity index (χ4n) is 2.09. The lowest BCUT2D eigenvalue weighted by molar-refractivity contribution is -0.113. The molecule has 0 aliphatic heterocycles. The number of thioether (sulfide) groups is 1. The summed E-state index contributed by atoms with van der Waals surface area (Å²) in [6.45, 7) is 4.03. The third-order valence-corrected chi connectivity index (χ3v) is 5.78. The van der Waals surface area contributed by atoms with E-state index in [4.69, 9.17) is 11.6 Å². The number of fused-ring (bicyclic) bond motifs is 1. The molecule has 0 atom stereocenters. The first-order valence-electron chi connectivity index (χ1n) is 7.08. The number of carbonyl (C=O) groups is 1. The van der Waals surface area contributed by atoms with Crippen molar-refractivity contribution in [2.24, 2.45) is 0 Å². The van der Waals surface area contributed by atoms with Gasteiger partial charge in [-0.3, -0.25) is 4.79 Å². The molecule has 0 saturated heterocycles. The molecule has 2 aromatic carbocycles. The normalized spacial score (nSPS) is 10.9. The fraction of sp³-hybridized carbons (Fsp3) is 0.176. The van der Waals surface area contributed by atoms with Crippen LogP contribution in [0.25, 0.3) is 10.2 Å². The molecule has 1 heterocycles. The number of nitrogens with zero attached hydrogens (tertiary/aromatic N) is 1. The van der Waals surface area contributed by atoms with Crippen molar-refractivity contribution < 1.29 is 4.79 Å². The third-order valence-electron chi connectivity index (χ3n) is 3.33. The largest absolute Gasteiger partial charge is 0.301 e. The van der Waals surface area contributed by atoms with Gasteiger partial charge in [-0.15, -0.1) is 11.8 Å². The van der Waals surface area contributed by atoms with E-state index in [0.29, 0.717) is 15.9 Å². The Hall–Kier alpha value is -1.56. The van der Waals surface area contributed by atoms with E-state index in [1.54, 1.807) is 0 Å². The molecule has 0 aliphatic carbocycles. The van der Waals surface area contributed by atoms with E-state index in [1.165, 1.54) is 28.7 Å². The topological polar surface area (TPSA) is 42.0 Å². The van der Waals surface area contributed by atoms with Crippen LogP contribution in [-0.2, 0) is 4.79 Å². The lowest BCUT2D eigenvalue weighted by Crippen LogP contribution is -2.13. The number of carbonyl (C=O) groups excluding carboxylic acids is 1. The molecule has 3 nitrogen and oxygen atoms in total.